The number of rotatable bonds is 12. The van der Waals surface area contributed by atoms with E-state index in [1.165, 1.54) is 0 Å². The second-order valence-corrected chi connectivity index (χ2v) is 4.66. The Labute approximate surface area is 139 Å². The number of carbonyl (C=O) groups is 4. The largest absolute Gasteiger partial charge is 0.480 e. The maximum absolute atomic E-state index is 11.2. The average molecular weight is 362 g/mol. The third-order valence-corrected chi connectivity index (χ3v) is 2.91. The van der Waals surface area contributed by atoms with Gasteiger partial charge in [-0.2, -0.15) is 5.26 Å². The molecule has 14 nitrogen and oxygen atoms in total. The van der Waals surface area contributed by atoms with Gasteiger partial charge in [0.1, 0.15) is 6.54 Å². The summed E-state index contributed by atoms with van der Waals surface area (Å²) in [5.41, 5.74) is -3.42. The monoisotopic (exact) mass is 362 g/mol. The van der Waals surface area contributed by atoms with Gasteiger partial charge in [0.2, 0.25) is 0 Å². The molecule has 14 heteroatoms. The predicted octanol–water partition coefficient (Wildman–Crippen LogP) is -2.57. The lowest BCUT2D eigenvalue weighted by molar-refractivity contribution is -0.567. The van der Waals surface area contributed by atoms with E-state index in [2.05, 4.69) is 0 Å². The molecule has 0 fully saturated rings. The van der Waals surface area contributed by atoms with Crippen LogP contribution in [0.4, 0.5) is 0 Å². The van der Waals surface area contributed by atoms with Crippen LogP contribution in [0.15, 0.2) is 0 Å². The second kappa shape index (κ2) is 9.10. The Hall–Kier alpha value is -3.31. The summed E-state index contributed by atoms with van der Waals surface area (Å²) >= 11 is 0. The maximum atomic E-state index is 11.2. The van der Waals surface area contributed by atoms with Crippen molar-refractivity contribution in [3.8, 4) is 6.07 Å². The van der Waals surface area contributed by atoms with Gasteiger partial charge in [-0.05, 0) is 0 Å². The topological polar surface area (TPSA) is 223 Å². The molecule has 138 valence electrons. The summed E-state index contributed by atoms with van der Waals surface area (Å²) in [4.78, 5) is 54.0. The van der Waals surface area contributed by atoms with Crippen LogP contribution in [0.25, 0.3) is 0 Å². The van der Waals surface area contributed by atoms with Crippen LogP contribution in [-0.4, -0.2) is 97.4 Å². The Balaban J connectivity index is 5.59. The van der Waals surface area contributed by atoms with Crippen LogP contribution in [0, 0.1) is 21.4 Å². The highest BCUT2D eigenvalue weighted by molar-refractivity contribution is 5.81. The van der Waals surface area contributed by atoms with Crippen LogP contribution >= 0.6 is 0 Å². The molecule has 0 heterocycles. The van der Waals surface area contributed by atoms with Crippen LogP contribution in [0.3, 0.4) is 0 Å². The van der Waals surface area contributed by atoms with Crippen molar-refractivity contribution in [3.05, 3.63) is 10.1 Å². The van der Waals surface area contributed by atoms with Gasteiger partial charge in [0.25, 0.3) is 0 Å². The lowest BCUT2D eigenvalue weighted by Crippen LogP contribution is -2.62. The number of nitro groups is 1. The van der Waals surface area contributed by atoms with Crippen molar-refractivity contribution in [2.75, 3.05) is 32.7 Å². The highest BCUT2D eigenvalue weighted by Crippen LogP contribution is 2.16. The van der Waals surface area contributed by atoms with Crippen molar-refractivity contribution in [1.82, 2.24) is 9.80 Å². The van der Waals surface area contributed by atoms with Gasteiger partial charge in [0.15, 0.2) is 6.07 Å². The molecule has 0 spiro atoms. The molecule has 0 saturated heterocycles. The Morgan fingerprint density at radius 2 is 1.40 bits per heavy atom. The Kier molecular flexibility index (Phi) is 7.89. The van der Waals surface area contributed by atoms with E-state index in [9.17, 15) is 29.3 Å². The fourth-order valence-corrected chi connectivity index (χ4v) is 1.87. The van der Waals surface area contributed by atoms with Gasteiger partial charge in [-0.25, -0.2) is 9.69 Å². The zero-order valence-corrected chi connectivity index (χ0v) is 12.6. The molecule has 0 aliphatic carbocycles. The zero-order chi connectivity index (χ0) is 19.8. The van der Waals surface area contributed by atoms with E-state index in [1.54, 1.807) is 0 Å². The van der Waals surface area contributed by atoms with Gasteiger partial charge in [-0.1, -0.05) is 0 Å². The molecular formula is C11H14N4O10. The van der Waals surface area contributed by atoms with E-state index in [1.807, 2.05) is 0 Å². The zero-order valence-electron chi connectivity index (χ0n) is 12.6. The van der Waals surface area contributed by atoms with E-state index >= 15 is 0 Å². The van der Waals surface area contributed by atoms with Gasteiger partial charge in [-0.15, -0.1) is 0 Å². The van der Waals surface area contributed by atoms with Gasteiger partial charge in [-0.3, -0.25) is 29.4 Å². The SMILES string of the molecule is N#CC(C(=O)O)(N(CCN(CC(=O)O)CC(=O)O)CC(=O)O)[N+](=O)[O-]. The first-order chi connectivity index (χ1) is 11.5. The average Bonchev–Trinajstić information content (AvgIpc) is 2.42. The number of nitrogens with zero attached hydrogens (tertiary/aromatic N) is 4. The number of carboxylic acids is 4. The number of hydrogen-bond acceptors (Lipinski definition) is 9. The van der Waals surface area contributed by atoms with Crippen molar-refractivity contribution in [2.45, 2.75) is 5.66 Å². The standard InChI is InChI=1S/C11H14N4O10/c12-6-11(10(22)23,15(24)25)14(5-9(20)21)2-1-13(3-7(16)17)4-8(18)19/h1-5H2,(H,16,17)(H,18,19)(H,20,21)(H,22,23). The van der Waals surface area contributed by atoms with Crippen LogP contribution in [-0.2, 0) is 19.2 Å². The number of carboxylic acid groups (broad SMARTS) is 4. The van der Waals surface area contributed by atoms with Crippen molar-refractivity contribution in [2.24, 2.45) is 0 Å². The molecular weight excluding hydrogens is 348 g/mol. The molecule has 4 N–H and O–H groups in total. The quantitative estimate of drug-likeness (QED) is 0.159. The van der Waals surface area contributed by atoms with Crippen molar-refractivity contribution >= 4 is 23.9 Å². The second-order valence-electron chi connectivity index (χ2n) is 4.66. The van der Waals surface area contributed by atoms with Crippen molar-refractivity contribution in [3.63, 3.8) is 0 Å². The molecule has 0 bridgehead atoms. The summed E-state index contributed by atoms with van der Waals surface area (Å²) in [7, 11) is 0. The Morgan fingerprint density at radius 3 is 1.68 bits per heavy atom. The molecule has 0 rings (SSSR count). The molecule has 0 aliphatic heterocycles. The highest BCUT2D eigenvalue weighted by atomic mass is 16.6. The van der Waals surface area contributed by atoms with E-state index in [4.69, 9.17) is 25.7 Å². The molecule has 25 heavy (non-hydrogen) atoms. The molecule has 0 aromatic rings. The summed E-state index contributed by atoms with van der Waals surface area (Å²) in [5, 5.41) is 55.2. The van der Waals surface area contributed by atoms with Gasteiger partial charge >= 0.3 is 29.5 Å². The van der Waals surface area contributed by atoms with Gasteiger partial charge in [0, 0.05) is 13.1 Å². The normalized spacial score (nSPS) is 13.0. The minimum atomic E-state index is -3.42. The third kappa shape index (κ3) is 6.01. The number of aliphatic carboxylic acids is 4. The van der Waals surface area contributed by atoms with Crippen LogP contribution in [0.1, 0.15) is 0 Å². The van der Waals surface area contributed by atoms with Gasteiger partial charge < -0.3 is 20.4 Å². The highest BCUT2D eigenvalue weighted by Gasteiger charge is 2.58. The summed E-state index contributed by atoms with van der Waals surface area (Å²) in [6, 6.07) is 0.938. The molecule has 1 atom stereocenters. The Morgan fingerprint density at radius 1 is 0.960 bits per heavy atom. The number of hydrogen-bond donors (Lipinski definition) is 4. The van der Waals surface area contributed by atoms with Gasteiger partial charge in [0.05, 0.1) is 18.0 Å². The van der Waals surface area contributed by atoms with Crippen molar-refractivity contribution < 1.29 is 44.5 Å². The number of nitriles is 1. The molecule has 0 aromatic heterocycles. The third-order valence-electron chi connectivity index (χ3n) is 2.91. The van der Waals surface area contributed by atoms with E-state index < -0.39 is 67.2 Å². The summed E-state index contributed by atoms with van der Waals surface area (Å²) in [6.45, 7) is -4.10. The van der Waals surface area contributed by atoms with Crippen LogP contribution < -0.4 is 0 Å². The smallest absolute Gasteiger partial charge is 0.459 e. The fourth-order valence-electron chi connectivity index (χ4n) is 1.87. The summed E-state index contributed by atoms with van der Waals surface area (Å²) < 4.78 is 0. The summed E-state index contributed by atoms with van der Waals surface area (Å²) in [6.07, 6.45) is 0. The van der Waals surface area contributed by atoms with Crippen LogP contribution in [0.2, 0.25) is 0 Å². The molecule has 1 unspecified atom stereocenters. The lowest BCUT2D eigenvalue weighted by atomic mass is 10.1. The molecule has 0 saturated carbocycles. The lowest BCUT2D eigenvalue weighted by Gasteiger charge is -2.28. The van der Waals surface area contributed by atoms with Crippen LogP contribution in [0.5, 0.6) is 0 Å². The molecule has 0 aliphatic rings. The maximum Gasteiger partial charge on any atom is 0.459 e. The first-order valence-electron chi connectivity index (χ1n) is 6.39. The minimum Gasteiger partial charge on any atom is -0.480 e. The van der Waals surface area contributed by atoms with Crippen molar-refractivity contribution in [1.29, 1.82) is 5.26 Å². The predicted molar refractivity (Wildman–Crippen MR) is 73.9 cm³/mol. The van der Waals surface area contributed by atoms with E-state index in [-0.39, 0.29) is 4.90 Å². The van der Waals surface area contributed by atoms with E-state index in [0.29, 0.717) is 0 Å². The Bertz CT molecular complexity index is 582. The summed E-state index contributed by atoms with van der Waals surface area (Å²) in [5.74, 6) is -6.76. The first-order valence-corrected chi connectivity index (χ1v) is 6.39. The fraction of sp³-hybridized carbons (Fsp3) is 0.545. The molecule has 0 radical (unpaired) electrons. The van der Waals surface area contributed by atoms with E-state index in [0.717, 1.165) is 11.0 Å². The first kappa shape index (κ1) is 21.7. The minimum absolute atomic E-state index is 0.203. The molecule has 0 aromatic carbocycles. The molecule has 0 amide bonds.